The first-order valence-electron chi connectivity index (χ1n) is 10.8. The summed E-state index contributed by atoms with van der Waals surface area (Å²) < 4.78 is 5.97. The van der Waals surface area contributed by atoms with Gasteiger partial charge in [0.2, 0.25) is 5.91 Å². The Kier molecular flexibility index (Phi) is 7.01. The van der Waals surface area contributed by atoms with E-state index in [1.807, 2.05) is 74.5 Å². The van der Waals surface area contributed by atoms with E-state index in [1.54, 1.807) is 0 Å². The molecule has 0 saturated carbocycles. The molecule has 3 aromatic carbocycles. The Morgan fingerprint density at radius 2 is 1.39 bits per heavy atom. The summed E-state index contributed by atoms with van der Waals surface area (Å²) in [5.74, 6) is 1.48. The summed E-state index contributed by atoms with van der Waals surface area (Å²) in [5, 5.41) is 6.15. The van der Waals surface area contributed by atoms with E-state index >= 15 is 0 Å². The van der Waals surface area contributed by atoms with E-state index in [0.29, 0.717) is 0 Å². The number of carbonyl (C=O) groups is 1. The smallest absolute Gasteiger partial charge is 0.246 e. The molecule has 0 fully saturated rings. The van der Waals surface area contributed by atoms with Crippen molar-refractivity contribution in [3.8, 4) is 11.5 Å². The van der Waals surface area contributed by atoms with E-state index in [0.717, 1.165) is 34.9 Å². The summed E-state index contributed by atoms with van der Waals surface area (Å²) >= 11 is 0. The third-order valence-electron chi connectivity index (χ3n) is 5.71. The van der Waals surface area contributed by atoms with Gasteiger partial charge in [0.1, 0.15) is 17.5 Å². The standard InChI is InChI=1S/C27H32N2O2/c1-6-27(4,5)21-9-15-24(16-10-21)31-25-17-13-22(14-18-25)28-20(3)26(30)29-23-11-7-19(2)8-12-23/h7-18,20,28H,6H2,1-5H3,(H,29,30)/t20-/m1/s1. The highest BCUT2D eigenvalue weighted by molar-refractivity contribution is 5.96. The largest absolute Gasteiger partial charge is 0.457 e. The fourth-order valence-electron chi connectivity index (χ4n) is 3.14. The van der Waals surface area contributed by atoms with E-state index in [4.69, 9.17) is 4.74 Å². The van der Waals surface area contributed by atoms with E-state index < -0.39 is 0 Å². The molecular formula is C27H32N2O2. The van der Waals surface area contributed by atoms with Crippen LogP contribution < -0.4 is 15.4 Å². The highest BCUT2D eigenvalue weighted by atomic mass is 16.5. The molecule has 1 atom stereocenters. The summed E-state index contributed by atoms with van der Waals surface area (Å²) in [7, 11) is 0. The molecule has 162 valence electrons. The van der Waals surface area contributed by atoms with E-state index in [2.05, 4.69) is 43.5 Å². The average molecular weight is 417 g/mol. The van der Waals surface area contributed by atoms with Crippen molar-refractivity contribution in [2.75, 3.05) is 10.6 Å². The number of hydrogen-bond donors (Lipinski definition) is 2. The minimum Gasteiger partial charge on any atom is -0.457 e. The molecule has 0 aliphatic rings. The van der Waals surface area contributed by atoms with E-state index in [9.17, 15) is 4.79 Å². The Bertz CT molecular complexity index is 991. The predicted octanol–water partition coefficient (Wildman–Crippen LogP) is 6.91. The maximum absolute atomic E-state index is 12.4. The van der Waals surface area contributed by atoms with Gasteiger partial charge in [-0.3, -0.25) is 4.79 Å². The van der Waals surface area contributed by atoms with Gasteiger partial charge in [0, 0.05) is 11.4 Å². The Morgan fingerprint density at radius 1 is 0.871 bits per heavy atom. The van der Waals surface area contributed by atoms with Gasteiger partial charge >= 0.3 is 0 Å². The van der Waals surface area contributed by atoms with Crippen molar-refractivity contribution < 1.29 is 9.53 Å². The molecule has 0 heterocycles. The van der Waals surface area contributed by atoms with Gasteiger partial charge in [-0.1, -0.05) is 50.6 Å². The number of carbonyl (C=O) groups excluding carboxylic acids is 1. The minimum atomic E-state index is -0.373. The van der Waals surface area contributed by atoms with Crippen LogP contribution in [0.2, 0.25) is 0 Å². The fraction of sp³-hybridized carbons (Fsp3) is 0.296. The van der Waals surface area contributed by atoms with Crippen molar-refractivity contribution >= 4 is 17.3 Å². The molecule has 3 rings (SSSR count). The third-order valence-corrected chi connectivity index (χ3v) is 5.71. The molecule has 3 aromatic rings. The molecule has 1 amide bonds. The van der Waals surface area contributed by atoms with Crippen LogP contribution in [-0.4, -0.2) is 11.9 Å². The lowest BCUT2D eigenvalue weighted by Gasteiger charge is -2.23. The van der Waals surface area contributed by atoms with Gasteiger partial charge in [0.05, 0.1) is 0 Å². The maximum Gasteiger partial charge on any atom is 0.246 e. The molecule has 0 unspecified atom stereocenters. The fourth-order valence-corrected chi connectivity index (χ4v) is 3.14. The number of anilines is 2. The van der Waals surface area contributed by atoms with Gasteiger partial charge < -0.3 is 15.4 Å². The predicted molar refractivity (Wildman–Crippen MR) is 129 cm³/mol. The lowest BCUT2D eigenvalue weighted by Crippen LogP contribution is -2.31. The summed E-state index contributed by atoms with van der Waals surface area (Å²) in [5.41, 5.74) is 4.28. The molecule has 0 aliphatic carbocycles. The molecule has 4 heteroatoms. The Balaban J connectivity index is 1.56. The Labute approximate surface area is 185 Å². The summed E-state index contributed by atoms with van der Waals surface area (Å²) in [4.78, 5) is 12.4. The number of ether oxygens (including phenoxy) is 1. The van der Waals surface area contributed by atoms with E-state index in [1.165, 1.54) is 5.56 Å². The van der Waals surface area contributed by atoms with Crippen LogP contribution in [-0.2, 0) is 10.2 Å². The van der Waals surface area contributed by atoms with E-state index in [-0.39, 0.29) is 17.4 Å². The molecule has 0 aromatic heterocycles. The number of rotatable bonds is 8. The maximum atomic E-state index is 12.4. The summed E-state index contributed by atoms with van der Waals surface area (Å²) in [6, 6.07) is 23.3. The Hall–Kier alpha value is -3.27. The van der Waals surface area contributed by atoms with Crippen molar-refractivity contribution in [3.63, 3.8) is 0 Å². The molecule has 0 radical (unpaired) electrons. The van der Waals surface area contributed by atoms with Crippen LogP contribution in [0.15, 0.2) is 72.8 Å². The molecular weight excluding hydrogens is 384 g/mol. The van der Waals surface area contributed by atoms with Gasteiger partial charge in [-0.25, -0.2) is 0 Å². The zero-order valence-corrected chi connectivity index (χ0v) is 19.0. The third kappa shape index (κ3) is 6.11. The highest BCUT2D eigenvalue weighted by Gasteiger charge is 2.17. The van der Waals surface area contributed by atoms with Crippen LogP contribution in [0.5, 0.6) is 11.5 Å². The topological polar surface area (TPSA) is 50.4 Å². The molecule has 4 nitrogen and oxygen atoms in total. The number of amides is 1. The van der Waals surface area contributed by atoms with Gasteiger partial charge in [-0.15, -0.1) is 0 Å². The van der Waals surface area contributed by atoms with Gasteiger partial charge in [0.15, 0.2) is 0 Å². The SMILES string of the molecule is CCC(C)(C)c1ccc(Oc2ccc(N[C@H](C)C(=O)Nc3ccc(C)cc3)cc2)cc1. The zero-order chi connectivity index (χ0) is 22.4. The molecule has 2 N–H and O–H groups in total. The van der Waals surface area contributed by atoms with Gasteiger partial charge in [-0.2, -0.15) is 0 Å². The van der Waals surface area contributed by atoms with Crippen LogP contribution in [0.3, 0.4) is 0 Å². The second-order valence-electron chi connectivity index (χ2n) is 8.61. The van der Waals surface area contributed by atoms with Crippen LogP contribution in [0.4, 0.5) is 11.4 Å². The lowest BCUT2D eigenvalue weighted by molar-refractivity contribution is -0.116. The Morgan fingerprint density at radius 3 is 1.94 bits per heavy atom. The molecule has 0 saturated heterocycles. The van der Waals surface area contributed by atoms with Crippen LogP contribution >= 0.6 is 0 Å². The first kappa shape index (κ1) is 22.4. The van der Waals surface area contributed by atoms with Crippen molar-refractivity contribution in [2.24, 2.45) is 0 Å². The first-order valence-corrected chi connectivity index (χ1v) is 10.8. The van der Waals surface area contributed by atoms with Crippen molar-refractivity contribution in [3.05, 3.63) is 83.9 Å². The van der Waals surface area contributed by atoms with Gasteiger partial charge in [-0.05, 0) is 79.8 Å². The summed E-state index contributed by atoms with van der Waals surface area (Å²) in [6.45, 7) is 10.6. The molecule has 0 spiro atoms. The number of benzene rings is 3. The highest BCUT2D eigenvalue weighted by Crippen LogP contribution is 2.30. The molecule has 31 heavy (non-hydrogen) atoms. The average Bonchev–Trinajstić information content (AvgIpc) is 2.77. The first-order chi connectivity index (χ1) is 14.8. The van der Waals surface area contributed by atoms with Crippen molar-refractivity contribution in [2.45, 2.75) is 52.5 Å². The van der Waals surface area contributed by atoms with Crippen molar-refractivity contribution in [1.82, 2.24) is 0 Å². The normalized spacial score (nSPS) is 12.2. The van der Waals surface area contributed by atoms with Crippen LogP contribution in [0.25, 0.3) is 0 Å². The molecule has 0 bridgehead atoms. The van der Waals surface area contributed by atoms with Crippen molar-refractivity contribution in [1.29, 1.82) is 0 Å². The quantitative estimate of drug-likeness (QED) is 0.419. The minimum absolute atomic E-state index is 0.0840. The van der Waals surface area contributed by atoms with Gasteiger partial charge in [0.25, 0.3) is 0 Å². The molecule has 0 aliphatic heterocycles. The number of hydrogen-bond acceptors (Lipinski definition) is 3. The number of nitrogens with one attached hydrogen (secondary N) is 2. The number of aryl methyl sites for hydroxylation is 1. The second kappa shape index (κ2) is 9.69. The summed E-state index contributed by atoms with van der Waals surface area (Å²) in [6.07, 6.45) is 1.09. The second-order valence-corrected chi connectivity index (χ2v) is 8.61. The zero-order valence-electron chi connectivity index (χ0n) is 19.0. The van der Waals surface area contributed by atoms with Crippen LogP contribution in [0.1, 0.15) is 45.2 Å². The van der Waals surface area contributed by atoms with Crippen LogP contribution in [0, 0.1) is 6.92 Å². The lowest BCUT2D eigenvalue weighted by atomic mass is 9.82. The monoisotopic (exact) mass is 416 g/mol.